The Morgan fingerprint density at radius 2 is 1.95 bits per heavy atom. The fraction of sp³-hybridized carbons (Fsp3) is 0.0625. The third-order valence-electron chi connectivity index (χ3n) is 2.73. The second kappa shape index (κ2) is 6.78. The average molecular weight is 368 g/mol. The summed E-state index contributed by atoms with van der Waals surface area (Å²) in [6, 6.07) is 10.8. The van der Waals surface area contributed by atoms with Gasteiger partial charge in [-0.1, -0.05) is 33.6 Å². The first-order valence-corrected chi connectivity index (χ1v) is 7.27. The second-order valence-corrected chi connectivity index (χ2v) is 5.70. The van der Waals surface area contributed by atoms with Crippen LogP contribution in [-0.4, -0.2) is 11.1 Å². The van der Waals surface area contributed by atoms with E-state index in [4.69, 9.17) is 21.4 Å². The van der Waals surface area contributed by atoms with Gasteiger partial charge in [-0.15, -0.1) is 0 Å². The van der Waals surface area contributed by atoms with Crippen LogP contribution >= 0.6 is 27.5 Å². The molecule has 0 aliphatic rings. The highest BCUT2D eigenvalue weighted by molar-refractivity contribution is 9.10. The molecule has 2 aromatic rings. The van der Waals surface area contributed by atoms with Crippen LogP contribution in [0.5, 0.6) is 11.5 Å². The van der Waals surface area contributed by atoms with Crippen molar-refractivity contribution in [2.45, 2.75) is 6.92 Å². The summed E-state index contributed by atoms with van der Waals surface area (Å²) < 4.78 is 6.76. The number of aryl methyl sites for hydroxylation is 1. The third-order valence-corrected chi connectivity index (χ3v) is 3.52. The van der Waals surface area contributed by atoms with E-state index in [1.807, 2.05) is 25.1 Å². The summed E-state index contributed by atoms with van der Waals surface area (Å²) in [4.78, 5) is 10.5. The molecule has 0 bridgehead atoms. The molecule has 0 spiro atoms. The summed E-state index contributed by atoms with van der Waals surface area (Å²) in [6.07, 6.45) is 2.54. The van der Waals surface area contributed by atoms with Crippen molar-refractivity contribution in [1.82, 2.24) is 0 Å². The molecule has 0 saturated carbocycles. The Balaban J connectivity index is 2.23. The Kier molecular flexibility index (Phi) is 5.04. The Hall–Kier alpha value is -1.78. The van der Waals surface area contributed by atoms with Crippen LogP contribution in [0.1, 0.15) is 11.1 Å². The highest BCUT2D eigenvalue weighted by atomic mass is 79.9. The summed E-state index contributed by atoms with van der Waals surface area (Å²) in [5.41, 5.74) is 1.68. The van der Waals surface area contributed by atoms with E-state index in [2.05, 4.69) is 15.9 Å². The quantitative estimate of drug-likeness (QED) is 0.746. The maximum Gasteiger partial charge on any atom is 0.328 e. The SMILES string of the molecule is Cc1cc(Br)ccc1Oc1ccc(/C=C/C(=O)O)cc1Cl. The number of rotatable bonds is 4. The monoisotopic (exact) mass is 366 g/mol. The van der Waals surface area contributed by atoms with Gasteiger partial charge in [-0.2, -0.15) is 0 Å². The van der Waals surface area contributed by atoms with E-state index >= 15 is 0 Å². The molecule has 0 radical (unpaired) electrons. The van der Waals surface area contributed by atoms with Gasteiger partial charge in [0, 0.05) is 10.5 Å². The van der Waals surface area contributed by atoms with Crippen molar-refractivity contribution in [2.24, 2.45) is 0 Å². The van der Waals surface area contributed by atoms with E-state index in [1.165, 1.54) is 6.08 Å². The van der Waals surface area contributed by atoms with Gasteiger partial charge in [-0.25, -0.2) is 4.79 Å². The molecular formula is C16H12BrClO3. The van der Waals surface area contributed by atoms with Crippen LogP contribution < -0.4 is 4.74 Å². The minimum atomic E-state index is -1.00. The largest absolute Gasteiger partial charge is 0.478 e. The summed E-state index contributed by atoms with van der Waals surface area (Å²) in [5, 5.41) is 9.02. The molecular weight excluding hydrogens is 356 g/mol. The van der Waals surface area contributed by atoms with Gasteiger partial charge in [-0.05, 0) is 54.5 Å². The minimum absolute atomic E-state index is 0.421. The van der Waals surface area contributed by atoms with Crippen molar-refractivity contribution in [3.8, 4) is 11.5 Å². The van der Waals surface area contributed by atoms with Crippen LogP contribution in [0.2, 0.25) is 5.02 Å². The maximum atomic E-state index is 10.5. The van der Waals surface area contributed by atoms with Crippen LogP contribution in [-0.2, 0) is 4.79 Å². The Labute approximate surface area is 135 Å². The number of carbonyl (C=O) groups is 1. The number of ether oxygens (including phenoxy) is 1. The summed E-state index contributed by atoms with van der Waals surface area (Å²) >= 11 is 9.56. The van der Waals surface area contributed by atoms with E-state index in [0.29, 0.717) is 22.1 Å². The first-order chi connectivity index (χ1) is 9.95. The van der Waals surface area contributed by atoms with Crippen molar-refractivity contribution < 1.29 is 14.6 Å². The van der Waals surface area contributed by atoms with Crippen molar-refractivity contribution in [1.29, 1.82) is 0 Å². The minimum Gasteiger partial charge on any atom is -0.478 e. The van der Waals surface area contributed by atoms with Crippen molar-refractivity contribution in [2.75, 3.05) is 0 Å². The lowest BCUT2D eigenvalue weighted by Crippen LogP contribution is -1.89. The van der Waals surface area contributed by atoms with Gasteiger partial charge < -0.3 is 9.84 Å². The lowest BCUT2D eigenvalue weighted by atomic mass is 10.2. The predicted molar refractivity (Wildman–Crippen MR) is 87.1 cm³/mol. The first-order valence-electron chi connectivity index (χ1n) is 6.10. The zero-order valence-electron chi connectivity index (χ0n) is 11.1. The van der Waals surface area contributed by atoms with Gasteiger partial charge in [0.05, 0.1) is 5.02 Å². The van der Waals surface area contributed by atoms with Crippen LogP contribution in [0, 0.1) is 6.92 Å². The number of halogens is 2. The number of carboxylic acid groups (broad SMARTS) is 1. The maximum absolute atomic E-state index is 10.5. The average Bonchev–Trinajstić information content (AvgIpc) is 2.42. The number of aliphatic carboxylic acids is 1. The third kappa shape index (κ3) is 4.34. The van der Waals surface area contributed by atoms with Crippen LogP contribution in [0.15, 0.2) is 46.9 Å². The van der Waals surface area contributed by atoms with Crippen LogP contribution in [0.4, 0.5) is 0 Å². The zero-order chi connectivity index (χ0) is 15.4. The molecule has 0 heterocycles. The molecule has 0 aliphatic carbocycles. The zero-order valence-corrected chi connectivity index (χ0v) is 13.5. The molecule has 5 heteroatoms. The molecule has 0 aromatic heterocycles. The molecule has 0 fully saturated rings. The Morgan fingerprint density at radius 1 is 1.24 bits per heavy atom. The van der Waals surface area contributed by atoms with Gasteiger partial charge in [0.25, 0.3) is 0 Å². The highest BCUT2D eigenvalue weighted by Crippen LogP contribution is 2.33. The smallest absolute Gasteiger partial charge is 0.328 e. The van der Waals surface area contributed by atoms with E-state index in [1.54, 1.807) is 18.2 Å². The molecule has 1 N–H and O–H groups in total. The Bertz CT molecular complexity index is 711. The molecule has 108 valence electrons. The Morgan fingerprint density at radius 3 is 2.57 bits per heavy atom. The molecule has 3 nitrogen and oxygen atoms in total. The molecule has 0 atom stereocenters. The summed E-state index contributed by atoms with van der Waals surface area (Å²) in [7, 11) is 0. The van der Waals surface area contributed by atoms with E-state index in [9.17, 15) is 4.79 Å². The van der Waals surface area contributed by atoms with Crippen LogP contribution in [0.25, 0.3) is 6.08 Å². The van der Waals surface area contributed by atoms with Crippen LogP contribution in [0.3, 0.4) is 0 Å². The summed E-state index contributed by atoms with van der Waals surface area (Å²) in [5.74, 6) is 0.237. The topological polar surface area (TPSA) is 46.5 Å². The van der Waals surface area contributed by atoms with Gasteiger partial charge in [0.2, 0.25) is 0 Å². The lowest BCUT2D eigenvalue weighted by molar-refractivity contribution is -0.131. The molecule has 21 heavy (non-hydrogen) atoms. The predicted octanol–water partition coefficient (Wildman–Crippen LogP) is 5.30. The fourth-order valence-corrected chi connectivity index (χ4v) is 2.42. The van der Waals surface area contributed by atoms with Gasteiger partial charge in [-0.3, -0.25) is 0 Å². The second-order valence-electron chi connectivity index (χ2n) is 4.37. The normalized spacial score (nSPS) is 10.8. The fourth-order valence-electron chi connectivity index (χ4n) is 1.72. The van der Waals surface area contributed by atoms with E-state index in [0.717, 1.165) is 16.1 Å². The number of carboxylic acids is 1. The standard InChI is InChI=1S/C16H12BrClO3/c1-10-8-12(17)4-6-14(10)21-15-5-2-11(9-13(15)18)3-7-16(19)20/h2-9H,1H3,(H,19,20)/b7-3+. The number of benzene rings is 2. The highest BCUT2D eigenvalue weighted by Gasteiger charge is 2.06. The number of hydrogen-bond donors (Lipinski definition) is 1. The molecule has 0 amide bonds. The molecule has 0 unspecified atom stereocenters. The van der Waals surface area contributed by atoms with Gasteiger partial charge in [0.15, 0.2) is 0 Å². The number of hydrogen-bond acceptors (Lipinski definition) is 2. The summed E-state index contributed by atoms with van der Waals surface area (Å²) in [6.45, 7) is 1.94. The first kappa shape index (κ1) is 15.6. The van der Waals surface area contributed by atoms with Crippen molar-refractivity contribution in [3.63, 3.8) is 0 Å². The molecule has 2 aromatic carbocycles. The van der Waals surface area contributed by atoms with E-state index < -0.39 is 5.97 Å². The molecule has 2 rings (SSSR count). The van der Waals surface area contributed by atoms with Gasteiger partial charge >= 0.3 is 5.97 Å². The lowest BCUT2D eigenvalue weighted by Gasteiger charge is -2.10. The van der Waals surface area contributed by atoms with Gasteiger partial charge in [0.1, 0.15) is 11.5 Å². The van der Waals surface area contributed by atoms with Crippen molar-refractivity contribution in [3.05, 3.63) is 63.1 Å². The van der Waals surface area contributed by atoms with E-state index in [-0.39, 0.29) is 0 Å². The molecule has 0 saturated heterocycles. The molecule has 0 aliphatic heterocycles. The van der Waals surface area contributed by atoms with Crippen molar-refractivity contribution >= 4 is 39.6 Å².